The molecule has 1 aromatic heterocycles. The van der Waals surface area contributed by atoms with E-state index >= 15 is 0 Å². The molecule has 1 aromatic rings. The molecule has 0 aliphatic heterocycles. The van der Waals surface area contributed by atoms with Gasteiger partial charge in [0, 0.05) is 5.56 Å². The predicted octanol–water partition coefficient (Wildman–Crippen LogP) is 2.35. The summed E-state index contributed by atoms with van der Waals surface area (Å²) in [5.74, 6) is 1.67. The highest BCUT2D eigenvalue weighted by atomic mass is 79.9. The Hall–Kier alpha value is -0.950. The zero-order valence-corrected chi connectivity index (χ0v) is 8.85. The zero-order chi connectivity index (χ0) is 9.59. The van der Waals surface area contributed by atoms with E-state index in [1.807, 2.05) is 0 Å². The van der Waals surface area contributed by atoms with Crippen molar-refractivity contribution < 1.29 is 0 Å². The number of nitriles is 1. The lowest BCUT2D eigenvalue weighted by Crippen LogP contribution is -1.89. The third-order valence-corrected chi connectivity index (χ3v) is 3.24. The molecule has 2 unspecified atom stereocenters. The Morgan fingerprint density at radius 2 is 2.31 bits per heavy atom. The number of halogens is 1. The Balaban J connectivity index is 2.50. The molecule has 0 bridgehead atoms. The Kier molecular flexibility index (Phi) is 1.85. The fourth-order valence-electron chi connectivity index (χ4n) is 1.70. The van der Waals surface area contributed by atoms with Crippen LogP contribution in [0.4, 0.5) is 5.82 Å². The second kappa shape index (κ2) is 2.78. The fraction of sp³-hybridized carbons (Fsp3) is 0.444. The molecule has 1 fully saturated rings. The number of nitrogens with zero attached hydrogens (tertiary/aromatic N) is 1. The molecule has 0 aromatic carbocycles. The second-order valence-corrected chi connectivity index (χ2v) is 4.37. The number of aromatic amines is 1. The number of hydrogen-bond donors (Lipinski definition) is 2. The molecule has 3 nitrogen and oxygen atoms in total. The Morgan fingerprint density at radius 1 is 1.69 bits per heavy atom. The number of rotatable bonds is 1. The molecule has 1 aliphatic carbocycles. The van der Waals surface area contributed by atoms with Crippen molar-refractivity contribution in [2.45, 2.75) is 19.3 Å². The van der Waals surface area contributed by atoms with Gasteiger partial charge in [0.2, 0.25) is 0 Å². The van der Waals surface area contributed by atoms with Crippen molar-refractivity contribution in [2.24, 2.45) is 5.92 Å². The van der Waals surface area contributed by atoms with E-state index in [4.69, 9.17) is 11.0 Å². The number of hydrogen-bond acceptors (Lipinski definition) is 2. The third-order valence-electron chi connectivity index (χ3n) is 2.61. The van der Waals surface area contributed by atoms with Crippen LogP contribution in [0.3, 0.4) is 0 Å². The van der Waals surface area contributed by atoms with Crippen molar-refractivity contribution in [2.75, 3.05) is 5.73 Å². The van der Waals surface area contributed by atoms with E-state index in [9.17, 15) is 0 Å². The molecular formula is C9H10BrN3. The summed E-state index contributed by atoms with van der Waals surface area (Å²) >= 11 is 3.39. The average molecular weight is 240 g/mol. The number of nitrogens with two attached hydrogens (primary N) is 1. The van der Waals surface area contributed by atoms with Crippen LogP contribution in [-0.4, -0.2) is 4.98 Å². The molecule has 2 atom stereocenters. The van der Waals surface area contributed by atoms with Gasteiger partial charge in [-0.15, -0.1) is 0 Å². The van der Waals surface area contributed by atoms with Crippen LogP contribution < -0.4 is 5.73 Å². The minimum atomic E-state index is 0.475. The van der Waals surface area contributed by atoms with Crippen molar-refractivity contribution in [1.29, 1.82) is 5.26 Å². The summed E-state index contributed by atoms with van der Waals surface area (Å²) in [6, 6.07) is 2.14. The maximum atomic E-state index is 8.90. The van der Waals surface area contributed by atoms with Gasteiger partial charge in [-0.05, 0) is 34.2 Å². The van der Waals surface area contributed by atoms with Gasteiger partial charge in [0.15, 0.2) is 0 Å². The van der Waals surface area contributed by atoms with E-state index in [1.54, 1.807) is 0 Å². The van der Waals surface area contributed by atoms with Crippen molar-refractivity contribution >= 4 is 21.7 Å². The van der Waals surface area contributed by atoms with Gasteiger partial charge in [0.25, 0.3) is 0 Å². The van der Waals surface area contributed by atoms with Gasteiger partial charge in [0.05, 0.1) is 10.2 Å². The molecule has 0 radical (unpaired) electrons. The smallest absolute Gasteiger partial charge is 0.120 e. The molecule has 68 valence electrons. The van der Waals surface area contributed by atoms with Crippen molar-refractivity contribution in [3.63, 3.8) is 0 Å². The first-order chi connectivity index (χ1) is 6.15. The Morgan fingerprint density at radius 3 is 2.77 bits per heavy atom. The normalized spacial score (nSPS) is 25.6. The maximum Gasteiger partial charge on any atom is 0.120 e. The van der Waals surface area contributed by atoms with Crippen LogP contribution in [0.15, 0.2) is 4.60 Å². The van der Waals surface area contributed by atoms with Gasteiger partial charge in [-0.25, -0.2) is 0 Å². The van der Waals surface area contributed by atoms with Crippen LogP contribution >= 0.6 is 15.9 Å². The molecule has 13 heavy (non-hydrogen) atoms. The van der Waals surface area contributed by atoms with Gasteiger partial charge < -0.3 is 10.7 Å². The predicted molar refractivity (Wildman–Crippen MR) is 54.1 cm³/mol. The van der Waals surface area contributed by atoms with Crippen LogP contribution in [-0.2, 0) is 0 Å². The first kappa shape index (κ1) is 8.64. The van der Waals surface area contributed by atoms with Crippen LogP contribution in [0.2, 0.25) is 0 Å². The second-order valence-electron chi connectivity index (χ2n) is 3.57. The lowest BCUT2D eigenvalue weighted by molar-refractivity contribution is 0.910. The zero-order valence-electron chi connectivity index (χ0n) is 7.26. The van der Waals surface area contributed by atoms with Crippen molar-refractivity contribution in [3.8, 4) is 6.07 Å². The van der Waals surface area contributed by atoms with Gasteiger partial charge in [0.1, 0.15) is 11.9 Å². The van der Waals surface area contributed by atoms with Gasteiger partial charge >= 0.3 is 0 Å². The summed E-state index contributed by atoms with van der Waals surface area (Å²) in [6.07, 6.45) is 1.16. The van der Waals surface area contributed by atoms with Crippen LogP contribution in [0, 0.1) is 17.2 Å². The molecule has 4 heteroatoms. The lowest BCUT2D eigenvalue weighted by atomic mass is 10.1. The number of aromatic nitrogens is 1. The molecule has 3 N–H and O–H groups in total. The van der Waals surface area contributed by atoms with Gasteiger partial charge in [-0.3, -0.25) is 0 Å². The topological polar surface area (TPSA) is 65.6 Å². The highest BCUT2D eigenvalue weighted by Crippen LogP contribution is 2.51. The molecule has 1 saturated carbocycles. The van der Waals surface area contributed by atoms with E-state index < -0.39 is 0 Å². The summed E-state index contributed by atoms with van der Waals surface area (Å²) in [5, 5.41) is 8.90. The van der Waals surface area contributed by atoms with Crippen LogP contribution in [0.5, 0.6) is 0 Å². The molecule has 0 saturated heterocycles. The van der Waals surface area contributed by atoms with Crippen molar-refractivity contribution in [1.82, 2.24) is 4.98 Å². The van der Waals surface area contributed by atoms with E-state index in [-0.39, 0.29) is 0 Å². The SMILES string of the molecule is CC1CC1c1c(Br)[nH]c(N)c1C#N. The molecule has 0 spiro atoms. The maximum absolute atomic E-state index is 8.90. The fourth-order valence-corrected chi connectivity index (χ4v) is 2.40. The number of nitrogens with one attached hydrogen (secondary N) is 1. The monoisotopic (exact) mass is 239 g/mol. The number of H-pyrrole nitrogens is 1. The highest BCUT2D eigenvalue weighted by molar-refractivity contribution is 9.10. The first-order valence-corrected chi connectivity index (χ1v) is 5.01. The summed E-state index contributed by atoms with van der Waals surface area (Å²) < 4.78 is 0.871. The largest absolute Gasteiger partial charge is 0.384 e. The third kappa shape index (κ3) is 1.24. The van der Waals surface area contributed by atoms with E-state index in [0.29, 0.717) is 23.2 Å². The van der Waals surface area contributed by atoms with Crippen molar-refractivity contribution in [3.05, 3.63) is 15.7 Å². The summed E-state index contributed by atoms with van der Waals surface area (Å²) in [5.41, 5.74) is 7.33. The molecular weight excluding hydrogens is 230 g/mol. The van der Waals surface area contributed by atoms with E-state index in [1.165, 1.54) is 0 Å². The van der Waals surface area contributed by atoms with Gasteiger partial charge in [-0.2, -0.15) is 5.26 Å². The Labute approximate surface area is 85.1 Å². The van der Waals surface area contributed by atoms with Crippen LogP contribution in [0.25, 0.3) is 0 Å². The quantitative estimate of drug-likeness (QED) is 0.791. The Bertz CT molecular complexity index is 388. The van der Waals surface area contributed by atoms with Gasteiger partial charge in [-0.1, -0.05) is 6.92 Å². The lowest BCUT2D eigenvalue weighted by Gasteiger charge is -1.95. The summed E-state index contributed by atoms with van der Waals surface area (Å²) in [6.45, 7) is 2.18. The number of nitrogen functional groups attached to an aromatic ring is 1. The minimum absolute atomic E-state index is 0.475. The van der Waals surface area contributed by atoms with E-state index in [0.717, 1.165) is 16.6 Å². The molecule has 1 heterocycles. The van der Waals surface area contributed by atoms with Crippen LogP contribution in [0.1, 0.15) is 30.4 Å². The standard InChI is InChI=1S/C9H10BrN3/c1-4-2-5(4)7-6(3-11)9(12)13-8(7)10/h4-5,13H,2,12H2,1H3. The summed E-state index contributed by atoms with van der Waals surface area (Å²) in [7, 11) is 0. The molecule has 0 amide bonds. The highest BCUT2D eigenvalue weighted by Gasteiger charge is 2.38. The average Bonchev–Trinajstić information content (AvgIpc) is 2.69. The number of anilines is 1. The first-order valence-electron chi connectivity index (χ1n) is 4.22. The molecule has 1 aliphatic rings. The minimum Gasteiger partial charge on any atom is -0.384 e. The van der Waals surface area contributed by atoms with E-state index in [2.05, 4.69) is 33.9 Å². The molecule has 2 rings (SSSR count). The summed E-state index contributed by atoms with van der Waals surface area (Å²) in [4.78, 5) is 2.94.